The Balaban J connectivity index is 1.94. The Kier molecular flexibility index (Phi) is 2.65. The third kappa shape index (κ3) is 1.96. The molecule has 3 rings (SSSR count). The molecular formula is C13H16N4. The number of anilines is 1. The second-order valence-electron chi connectivity index (χ2n) is 4.47. The lowest BCUT2D eigenvalue weighted by molar-refractivity contribution is 0.678. The number of para-hydroxylation sites is 2. The summed E-state index contributed by atoms with van der Waals surface area (Å²) in [5, 5.41) is 3.37. The normalized spacial score (nSPS) is 19.7. The molecule has 4 nitrogen and oxygen atoms in total. The first kappa shape index (κ1) is 10.5. The van der Waals surface area contributed by atoms with Crippen molar-refractivity contribution in [2.24, 2.45) is 0 Å². The van der Waals surface area contributed by atoms with E-state index in [0.717, 1.165) is 29.9 Å². The zero-order chi connectivity index (χ0) is 11.7. The van der Waals surface area contributed by atoms with Crippen molar-refractivity contribution in [3.8, 4) is 0 Å². The van der Waals surface area contributed by atoms with Crippen LogP contribution in [0.15, 0.2) is 30.5 Å². The molecule has 0 amide bonds. The maximum Gasteiger partial charge on any atom is 0.147 e. The lowest BCUT2D eigenvalue weighted by Gasteiger charge is -2.24. The van der Waals surface area contributed by atoms with Gasteiger partial charge in [0, 0.05) is 19.6 Å². The summed E-state index contributed by atoms with van der Waals surface area (Å²) in [4.78, 5) is 11.3. The number of fused-ring (bicyclic) bond motifs is 1. The van der Waals surface area contributed by atoms with Crippen molar-refractivity contribution in [2.75, 3.05) is 25.0 Å². The molecule has 1 unspecified atom stereocenters. The molecule has 88 valence electrons. The van der Waals surface area contributed by atoms with E-state index in [2.05, 4.69) is 27.2 Å². The highest BCUT2D eigenvalue weighted by Gasteiger charge is 2.20. The standard InChI is InChI=1S/C13H16N4/c1-17(10-6-7-14-8-10)13-9-15-11-4-2-3-5-12(11)16-13/h2-5,9-10,14H,6-8H2,1H3. The molecule has 2 aromatic rings. The van der Waals surface area contributed by atoms with Gasteiger partial charge in [0.15, 0.2) is 0 Å². The van der Waals surface area contributed by atoms with Crippen LogP contribution in [0.4, 0.5) is 5.82 Å². The van der Waals surface area contributed by atoms with Crippen LogP contribution in [-0.4, -0.2) is 36.1 Å². The maximum absolute atomic E-state index is 4.66. The third-order valence-corrected chi connectivity index (χ3v) is 3.38. The smallest absolute Gasteiger partial charge is 0.147 e. The minimum atomic E-state index is 0.533. The molecule has 1 aromatic carbocycles. The van der Waals surface area contributed by atoms with Gasteiger partial charge in [-0.1, -0.05) is 12.1 Å². The first-order chi connectivity index (χ1) is 8.34. The van der Waals surface area contributed by atoms with Crippen LogP contribution in [0.25, 0.3) is 11.0 Å². The van der Waals surface area contributed by atoms with Crippen LogP contribution in [0.1, 0.15) is 6.42 Å². The van der Waals surface area contributed by atoms with E-state index >= 15 is 0 Å². The Hall–Kier alpha value is -1.68. The van der Waals surface area contributed by atoms with Gasteiger partial charge in [-0.25, -0.2) is 4.98 Å². The molecule has 1 aromatic heterocycles. The molecular weight excluding hydrogens is 212 g/mol. The van der Waals surface area contributed by atoms with Gasteiger partial charge in [0.05, 0.1) is 17.2 Å². The quantitative estimate of drug-likeness (QED) is 0.844. The summed E-state index contributed by atoms with van der Waals surface area (Å²) in [5.74, 6) is 0.956. The molecule has 4 heteroatoms. The zero-order valence-electron chi connectivity index (χ0n) is 9.93. The fraction of sp³-hybridized carbons (Fsp3) is 0.385. The Labute approximate surface area is 101 Å². The first-order valence-corrected chi connectivity index (χ1v) is 6.00. The molecule has 0 saturated carbocycles. The largest absolute Gasteiger partial charge is 0.354 e. The average molecular weight is 228 g/mol. The number of hydrogen-bond donors (Lipinski definition) is 1. The first-order valence-electron chi connectivity index (χ1n) is 6.00. The van der Waals surface area contributed by atoms with Gasteiger partial charge in [-0.2, -0.15) is 0 Å². The molecule has 1 aliphatic rings. The Morgan fingerprint density at radius 2 is 2.12 bits per heavy atom. The molecule has 1 fully saturated rings. The second-order valence-corrected chi connectivity index (χ2v) is 4.47. The molecule has 2 heterocycles. The molecule has 0 radical (unpaired) electrons. The van der Waals surface area contributed by atoms with Crippen molar-refractivity contribution in [3.63, 3.8) is 0 Å². The van der Waals surface area contributed by atoms with Gasteiger partial charge in [0.2, 0.25) is 0 Å². The third-order valence-electron chi connectivity index (χ3n) is 3.38. The van der Waals surface area contributed by atoms with Gasteiger partial charge in [0.1, 0.15) is 5.82 Å². The van der Waals surface area contributed by atoms with Gasteiger partial charge < -0.3 is 10.2 Å². The average Bonchev–Trinajstić information content (AvgIpc) is 2.91. The predicted molar refractivity (Wildman–Crippen MR) is 69.2 cm³/mol. The van der Waals surface area contributed by atoms with Crippen molar-refractivity contribution in [1.82, 2.24) is 15.3 Å². The number of nitrogens with one attached hydrogen (secondary N) is 1. The number of nitrogens with zero attached hydrogens (tertiary/aromatic N) is 3. The van der Waals surface area contributed by atoms with E-state index in [1.54, 1.807) is 0 Å². The minimum absolute atomic E-state index is 0.533. The monoisotopic (exact) mass is 228 g/mol. The summed E-state index contributed by atoms with van der Waals surface area (Å²) < 4.78 is 0. The van der Waals surface area contributed by atoms with E-state index in [0.29, 0.717) is 6.04 Å². The summed E-state index contributed by atoms with van der Waals surface area (Å²) in [6.07, 6.45) is 3.03. The number of likely N-dealkylation sites (N-methyl/N-ethyl adjacent to an activating group) is 1. The second kappa shape index (κ2) is 4.30. The van der Waals surface area contributed by atoms with E-state index in [9.17, 15) is 0 Å². The van der Waals surface area contributed by atoms with E-state index in [4.69, 9.17) is 0 Å². The van der Waals surface area contributed by atoms with Crippen molar-refractivity contribution >= 4 is 16.9 Å². The van der Waals surface area contributed by atoms with Gasteiger partial charge in [-0.3, -0.25) is 4.98 Å². The number of aromatic nitrogens is 2. The predicted octanol–water partition coefficient (Wildman–Crippen LogP) is 1.43. The Morgan fingerprint density at radius 3 is 2.88 bits per heavy atom. The lowest BCUT2D eigenvalue weighted by atomic mass is 10.2. The molecule has 1 atom stereocenters. The number of hydrogen-bond acceptors (Lipinski definition) is 4. The van der Waals surface area contributed by atoms with E-state index in [1.165, 1.54) is 6.42 Å². The highest BCUT2D eigenvalue weighted by Crippen LogP contribution is 2.18. The number of benzene rings is 1. The Bertz CT molecular complexity index is 520. The molecule has 17 heavy (non-hydrogen) atoms. The molecule has 0 spiro atoms. The van der Waals surface area contributed by atoms with Gasteiger partial charge in [-0.05, 0) is 25.1 Å². The van der Waals surface area contributed by atoms with Crippen molar-refractivity contribution < 1.29 is 0 Å². The van der Waals surface area contributed by atoms with Crippen LogP contribution in [0.5, 0.6) is 0 Å². The van der Waals surface area contributed by atoms with Crippen LogP contribution in [-0.2, 0) is 0 Å². The van der Waals surface area contributed by atoms with E-state index in [-0.39, 0.29) is 0 Å². The topological polar surface area (TPSA) is 41.1 Å². The lowest BCUT2D eigenvalue weighted by Crippen LogP contribution is -2.33. The van der Waals surface area contributed by atoms with Gasteiger partial charge >= 0.3 is 0 Å². The molecule has 0 bridgehead atoms. The summed E-state index contributed by atoms with van der Waals surface area (Å²) in [5.41, 5.74) is 1.91. The summed E-state index contributed by atoms with van der Waals surface area (Å²) in [6.45, 7) is 2.13. The highest BCUT2D eigenvalue weighted by atomic mass is 15.2. The molecule has 1 N–H and O–H groups in total. The molecule has 1 saturated heterocycles. The van der Waals surface area contributed by atoms with Crippen molar-refractivity contribution in [3.05, 3.63) is 30.5 Å². The van der Waals surface area contributed by atoms with E-state index < -0.39 is 0 Å². The van der Waals surface area contributed by atoms with Crippen LogP contribution < -0.4 is 10.2 Å². The summed E-state index contributed by atoms with van der Waals surface area (Å²) >= 11 is 0. The SMILES string of the molecule is CN(c1cnc2ccccc2n1)C1CCNC1. The fourth-order valence-corrected chi connectivity index (χ4v) is 2.27. The van der Waals surface area contributed by atoms with Crippen molar-refractivity contribution in [2.45, 2.75) is 12.5 Å². The fourth-order valence-electron chi connectivity index (χ4n) is 2.27. The maximum atomic E-state index is 4.66. The van der Waals surface area contributed by atoms with Crippen LogP contribution in [0, 0.1) is 0 Å². The highest BCUT2D eigenvalue weighted by molar-refractivity contribution is 5.75. The Morgan fingerprint density at radius 1 is 1.29 bits per heavy atom. The molecule has 1 aliphatic heterocycles. The van der Waals surface area contributed by atoms with Crippen LogP contribution >= 0.6 is 0 Å². The van der Waals surface area contributed by atoms with Gasteiger partial charge in [0.25, 0.3) is 0 Å². The molecule has 0 aliphatic carbocycles. The number of rotatable bonds is 2. The van der Waals surface area contributed by atoms with E-state index in [1.807, 2.05) is 30.5 Å². The summed E-state index contributed by atoms with van der Waals surface area (Å²) in [6, 6.07) is 8.51. The van der Waals surface area contributed by atoms with Crippen molar-refractivity contribution in [1.29, 1.82) is 0 Å². The van der Waals surface area contributed by atoms with Crippen LogP contribution in [0.2, 0.25) is 0 Å². The summed E-state index contributed by atoms with van der Waals surface area (Å²) in [7, 11) is 2.09. The minimum Gasteiger partial charge on any atom is -0.354 e. The van der Waals surface area contributed by atoms with Crippen LogP contribution in [0.3, 0.4) is 0 Å². The van der Waals surface area contributed by atoms with Gasteiger partial charge in [-0.15, -0.1) is 0 Å². The zero-order valence-corrected chi connectivity index (χ0v) is 9.93.